The number of hydrogen-bond donors (Lipinski definition) is 2. The second kappa shape index (κ2) is 6.83. The lowest BCUT2D eigenvalue weighted by molar-refractivity contribution is -0.125. The molecule has 5 heteroatoms. The van der Waals surface area contributed by atoms with Crippen LogP contribution in [0.15, 0.2) is 0 Å². The molecule has 1 unspecified atom stereocenters. The minimum atomic E-state index is -0.0252. The van der Waals surface area contributed by atoms with Crippen molar-refractivity contribution < 1.29 is 4.79 Å². The first-order chi connectivity index (χ1) is 7.69. The van der Waals surface area contributed by atoms with Crippen LogP contribution in [0.1, 0.15) is 13.3 Å². The zero-order valence-electron chi connectivity index (χ0n) is 10.4. The molecule has 1 amide bonds. The highest BCUT2D eigenvalue weighted by molar-refractivity contribution is 5.80. The predicted molar refractivity (Wildman–Crippen MR) is 65.2 cm³/mol. The van der Waals surface area contributed by atoms with E-state index < -0.39 is 0 Å². The largest absolute Gasteiger partial charge is 0.358 e. The van der Waals surface area contributed by atoms with Gasteiger partial charge in [-0.1, -0.05) is 0 Å². The molecule has 0 radical (unpaired) electrons. The van der Waals surface area contributed by atoms with Crippen LogP contribution in [0.2, 0.25) is 0 Å². The first-order valence-electron chi connectivity index (χ1n) is 6.07. The summed E-state index contributed by atoms with van der Waals surface area (Å²) in [5, 5.41) is 2.70. The van der Waals surface area contributed by atoms with Crippen LogP contribution >= 0.6 is 0 Å². The van der Waals surface area contributed by atoms with Crippen molar-refractivity contribution in [3.05, 3.63) is 0 Å². The van der Waals surface area contributed by atoms with Gasteiger partial charge in [-0.15, -0.1) is 0 Å². The number of nitrogens with one attached hydrogen (secondary N) is 1. The molecule has 1 fully saturated rings. The van der Waals surface area contributed by atoms with Crippen LogP contribution in [0.25, 0.3) is 0 Å². The molecule has 0 aromatic rings. The Bertz CT molecular complexity index is 222. The lowest BCUT2D eigenvalue weighted by Gasteiger charge is -2.26. The van der Waals surface area contributed by atoms with E-state index in [1.807, 2.05) is 6.92 Å². The van der Waals surface area contributed by atoms with Gasteiger partial charge in [0.05, 0.1) is 6.04 Å². The maximum atomic E-state index is 11.5. The fraction of sp³-hybridized carbons (Fsp3) is 0.909. The number of nitrogens with zero attached hydrogens (tertiary/aromatic N) is 2. The molecule has 0 saturated carbocycles. The van der Waals surface area contributed by atoms with E-state index in [1.165, 1.54) is 0 Å². The Morgan fingerprint density at radius 1 is 1.38 bits per heavy atom. The minimum Gasteiger partial charge on any atom is -0.358 e. The zero-order chi connectivity index (χ0) is 12.0. The van der Waals surface area contributed by atoms with Crippen LogP contribution in [0.3, 0.4) is 0 Å². The SMILES string of the molecule is CNC(=O)C(C)N1CCCN(CCN)CC1. The average Bonchev–Trinajstić information content (AvgIpc) is 2.53. The number of amides is 1. The van der Waals surface area contributed by atoms with Crippen LogP contribution in [-0.2, 0) is 4.79 Å². The highest BCUT2D eigenvalue weighted by Crippen LogP contribution is 2.06. The number of carbonyl (C=O) groups excluding carboxylic acids is 1. The Morgan fingerprint density at radius 2 is 2.12 bits per heavy atom. The number of likely N-dealkylation sites (N-methyl/N-ethyl adjacent to an activating group) is 1. The van der Waals surface area contributed by atoms with Crippen molar-refractivity contribution in [2.75, 3.05) is 46.3 Å². The Morgan fingerprint density at radius 3 is 2.75 bits per heavy atom. The topological polar surface area (TPSA) is 61.6 Å². The van der Waals surface area contributed by atoms with Gasteiger partial charge in [-0.3, -0.25) is 9.69 Å². The summed E-state index contributed by atoms with van der Waals surface area (Å²) in [5.74, 6) is 0.104. The summed E-state index contributed by atoms with van der Waals surface area (Å²) in [5.41, 5.74) is 5.56. The summed E-state index contributed by atoms with van der Waals surface area (Å²) < 4.78 is 0. The van der Waals surface area contributed by atoms with Crippen molar-refractivity contribution in [3.8, 4) is 0 Å². The fourth-order valence-corrected chi connectivity index (χ4v) is 2.16. The van der Waals surface area contributed by atoms with E-state index in [4.69, 9.17) is 5.73 Å². The molecule has 0 aromatic heterocycles. The van der Waals surface area contributed by atoms with Crippen molar-refractivity contribution in [2.24, 2.45) is 5.73 Å². The molecule has 94 valence electrons. The third-order valence-corrected chi connectivity index (χ3v) is 3.24. The van der Waals surface area contributed by atoms with Gasteiger partial charge in [0.25, 0.3) is 0 Å². The predicted octanol–water partition coefficient (Wildman–Crippen LogP) is -0.913. The van der Waals surface area contributed by atoms with Crippen molar-refractivity contribution >= 4 is 5.91 Å². The Hall–Kier alpha value is -0.650. The number of nitrogens with two attached hydrogens (primary N) is 1. The fourth-order valence-electron chi connectivity index (χ4n) is 2.16. The third-order valence-electron chi connectivity index (χ3n) is 3.24. The lowest BCUT2D eigenvalue weighted by atomic mass is 10.2. The monoisotopic (exact) mass is 228 g/mol. The number of hydrogen-bond acceptors (Lipinski definition) is 4. The van der Waals surface area contributed by atoms with Crippen LogP contribution in [0.4, 0.5) is 0 Å². The second-order valence-corrected chi connectivity index (χ2v) is 4.31. The van der Waals surface area contributed by atoms with Crippen LogP contribution in [0, 0.1) is 0 Å². The van der Waals surface area contributed by atoms with Gasteiger partial charge >= 0.3 is 0 Å². The van der Waals surface area contributed by atoms with E-state index in [-0.39, 0.29) is 11.9 Å². The van der Waals surface area contributed by atoms with E-state index in [9.17, 15) is 4.79 Å². The molecule has 1 aliphatic heterocycles. The normalized spacial score (nSPS) is 21.4. The van der Waals surface area contributed by atoms with Gasteiger partial charge in [-0.25, -0.2) is 0 Å². The molecular weight excluding hydrogens is 204 g/mol. The Labute approximate surface area is 98.0 Å². The minimum absolute atomic E-state index is 0.0252. The maximum absolute atomic E-state index is 11.5. The van der Waals surface area contributed by atoms with Gasteiger partial charge in [0.15, 0.2) is 0 Å². The van der Waals surface area contributed by atoms with Gasteiger partial charge < -0.3 is 16.0 Å². The molecule has 1 rings (SSSR count). The molecule has 0 aliphatic carbocycles. The summed E-state index contributed by atoms with van der Waals surface area (Å²) in [6, 6.07) is -0.0252. The van der Waals surface area contributed by atoms with Gasteiger partial charge in [0.2, 0.25) is 5.91 Å². The number of carbonyl (C=O) groups is 1. The van der Waals surface area contributed by atoms with Gasteiger partial charge in [0, 0.05) is 39.8 Å². The van der Waals surface area contributed by atoms with E-state index in [2.05, 4.69) is 15.1 Å². The van der Waals surface area contributed by atoms with E-state index in [0.717, 1.165) is 39.1 Å². The summed E-state index contributed by atoms with van der Waals surface area (Å²) in [7, 11) is 1.69. The van der Waals surface area contributed by atoms with Crippen LogP contribution in [-0.4, -0.2) is 68.1 Å². The Balaban J connectivity index is 2.43. The van der Waals surface area contributed by atoms with Gasteiger partial charge in [-0.05, 0) is 19.9 Å². The summed E-state index contributed by atoms with van der Waals surface area (Å²) in [4.78, 5) is 16.2. The quantitative estimate of drug-likeness (QED) is 0.654. The molecule has 1 heterocycles. The first-order valence-corrected chi connectivity index (χ1v) is 6.07. The van der Waals surface area contributed by atoms with Crippen molar-refractivity contribution in [1.29, 1.82) is 0 Å². The first kappa shape index (κ1) is 13.4. The van der Waals surface area contributed by atoms with Crippen LogP contribution in [0.5, 0.6) is 0 Å². The lowest BCUT2D eigenvalue weighted by Crippen LogP contribution is -2.45. The van der Waals surface area contributed by atoms with Crippen molar-refractivity contribution in [3.63, 3.8) is 0 Å². The molecular formula is C11H24N4O. The second-order valence-electron chi connectivity index (χ2n) is 4.31. The number of rotatable bonds is 4. The molecule has 0 aromatic carbocycles. The van der Waals surface area contributed by atoms with Crippen molar-refractivity contribution in [2.45, 2.75) is 19.4 Å². The van der Waals surface area contributed by atoms with E-state index in [1.54, 1.807) is 7.05 Å². The Kier molecular flexibility index (Phi) is 5.73. The molecule has 3 N–H and O–H groups in total. The molecule has 16 heavy (non-hydrogen) atoms. The molecule has 1 saturated heterocycles. The molecule has 1 aliphatic rings. The average molecular weight is 228 g/mol. The zero-order valence-corrected chi connectivity index (χ0v) is 10.4. The summed E-state index contributed by atoms with van der Waals surface area (Å²) >= 11 is 0. The summed E-state index contributed by atoms with van der Waals surface area (Å²) in [6.07, 6.45) is 1.11. The van der Waals surface area contributed by atoms with E-state index >= 15 is 0 Å². The van der Waals surface area contributed by atoms with Gasteiger partial charge in [0.1, 0.15) is 0 Å². The third kappa shape index (κ3) is 3.73. The molecule has 0 spiro atoms. The molecule has 1 atom stereocenters. The van der Waals surface area contributed by atoms with E-state index in [0.29, 0.717) is 6.54 Å². The smallest absolute Gasteiger partial charge is 0.236 e. The van der Waals surface area contributed by atoms with Gasteiger partial charge in [-0.2, -0.15) is 0 Å². The van der Waals surface area contributed by atoms with Crippen LogP contribution < -0.4 is 11.1 Å². The summed E-state index contributed by atoms with van der Waals surface area (Å²) in [6.45, 7) is 7.70. The molecule has 5 nitrogen and oxygen atoms in total. The standard InChI is InChI=1S/C11H24N4O/c1-10(11(16)13-2)15-6-3-5-14(7-4-12)8-9-15/h10H,3-9,12H2,1-2H3,(H,13,16). The maximum Gasteiger partial charge on any atom is 0.236 e. The van der Waals surface area contributed by atoms with Crippen molar-refractivity contribution in [1.82, 2.24) is 15.1 Å². The molecule has 0 bridgehead atoms. The highest BCUT2D eigenvalue weighted by atomic mass is 16.2. The highest BCUT2D eigenvalue weighted by Gasteiger charge is 2.22.